The lowest BCUT2D eigenvalue weighted by molar-refractivity contribution is -0.139. The van der Waals surface area contributed by atoms with Crippen LogP contribution in [0, 0.1) is 0 Å². The quantitative estimate of drug-likeness (QED) is 0.681. The topological polar surface area (TPSA) is 75.3 Å². The summed E-state index contributed by atoms with van der Waals surface area (Å²) in [7, 11) is 0. The van der Waals surface area contributed by atoms with E-state index in [4.69, 9.17) is 5.11 Å². The Balaban J connectivity index is 2.22. The number of hydrogen-bond donors (Lipinski definition) is 2. The molecule has 5 heteroatoms. The largest absolute Gasteiger partial charge is 0.481 e. The highest BCUT2D eigenvalue weighted by molar-refractivity contribution is 5.67. The Morgan fingerprint density at radius 3 is 2.92 bits per heavy atom. The molecule has 0 radical (unpaired) electrons. The molecule has 0 fully saturated rings. The van der Waals surface area contributed by atoms with E-state index < -0.39 is 12.1 Å². The third-order valence-corrected chi connectivity index (χ3v) is 1.66. The van der Waals surface area contributed by atoms with E-state index in [1.54, 1.807) is 23.1 Å². The van der Waals surface area contributed by atoms with Crippen LogP contribution in [0.2, 0.25) is 0 Å². The summed E-state index contributed by atoms with van der Waals surface area (Å²) < 4.78 is 1.66. The monoisotopic (exact) mass is 184 g/mol. The van der Waals surface area contributed by atoms with Gasteiger partial charge in [0, 0.05) is 18.9 Å². The Morgan fingerprint density at radius 1 is 1.62 bits per heavy atom. The molecule has 1 aromatic rings. The molecular formula is C8H12N2O3. The second kappa shape index (κ2) is 4.61. The van der Waals surface area contributed by atoms with Crippen molar-refractivity contribution in [1.29, 1.82) is 0 Å². The summed E-state index contributed by atoms with van der Waals surface area (Å²) >= 11 is 0. The Morgan fingerprint density at radius 2 is 2.38 bits per heavy atom. The number of aliphatic hydroxyl groups is 1. The first kappa shape index (κ1) is 9.73. The minimum Gasteiger partial charge on any atom is -0.481 e. The average Bonchev–Trinajstić information content (AvgIpc) is 2.51. The van der Waals surface area contributed by atoms with E-state index >= 15 is 0 Å². The fourth-order valence-corrected chi connectivity index (χ4v) is 1.02. The van der Waals surface area contributed by atoms with Crippen LogP contribution in [-0.2, 0) is 11.3 Å². The normalized spacial score (nSPS) is 12.7. The van der Waals surface area contributed by atoms with Gasteiger partial charge in [-0.25, -0.2) is 0 Å². The fourth-order valence-electron chi connectivity index (χ4n) is 1.02. The predicted molar refractivity (Wildman–Crippen MR) is 45.1 cm³/mol. The highest BCUT2D eigenvalue weighted by atomic mass is 16.4. The van der Waals surface area contributed by atoms with Crippen molar-refractivity contribution >= 4 is 5.97 Å². The molecule has 0 spiro atoms. The minimum absolute atomic E-state index is 0.207. The summed E-state index contributed by atoms with van der Waals surface area (Å²) in [6.45, 7) is 0.543. The lowest BCUT2D eigenvalue weighted by Crippen LogP contribution is -2.15. The van der Waals surface area contributed by atoms with Gasteiger partial charge in [-0.05, 0) is 12.5 Å². The van der Waals surface area contributed by atoms with Gasteiger partial charge < -0.3 is 10.2 Å². The van der Waals surface area contributed by atoms with Crippen molar-refractivity contribution in [3.8, 4) is 0 Å². The van der Waals surface area contributed by atoms with Gasteiger partial charge >= 0.3 is 5.97 Å². The lowest BCUT2D eigenvalue weighted by atomic mass is 10.2. The molecule has 1 unspecified atom stereocenters. The molecule has 13 heavy (non-hydrogen) atoms. The predicted octanol–water partition coefficient (Wildman–Crippen LogP) is 0.109. The second-order valence-electron chi connectivity index (χ2n) is 2.81. The first-order valence-electron chi connectivity index (χ1n) is 4.06. The average molecular weight is 184 g/mol. The van der Waals surface area contributed by atoms with E-state index in [2.05, 4.69) is 5.10 Å². The van der Waals surface area contributed by atoms with Gasteiger partial charge in [0.05, 0.1) is 12.5 Å². The number of carboxylic acid groups (broad SMARTS) is 1. The van der Waals surface area contributed by atoms with Crippen molar-refractivity contribution < 1.29 is 15.0 Å². The Bertz CT molecular complexity index is 258. The van der Waals surface area contributed by atoms with Crippen LogP contribution in [0.3, 0.4) is 0 Å². The Hall–Kier alpha value is -1.36. The molecule has 0 saturated heterocycles. The molecular weight excluding hydrogens is 172 g/mol. The summed E-state index contributed by atoms with van der Waals surface area (Å²) in [5, 5.41) is 21.5. The van der Waals surface area contributed by atoms with E-state index in [0.717, 1.165) is 0 Å². The molecule has 0 bridgehead atoms. The molecule has 1 heterocycles. The fraction of sp³-hybridized carbons (Fsp3) is 0.500. The molecule has 1 aromatic heterocycles. The number of hydrogen-bond acceptors (Lipinski definition) is 3. The zero-order valence-corrected chi connectivity index (χ0v) is 7.13. The van der Waals surface area contributed by atoms with E-state index in [0.29, 0.717) is 13.0 Å². The van der Waals surface area contributed by atoms with Crippen LogP contribution in [-0.4, -0.2) is 32.1 Å². The minimum atomic E-state index is -0.979. The number of carbonyl (C=O) groups is 1. The van der Waals surface area contributed by atoms with Crippen molar-refractivity contribution in [2.45, 2.75) is 25.5 Å². The number of aliphatic hydroxyl groups excluding tert-OH is 1. The van der Waals surface area contributed by atoms with Crippen LogP contribution in [0.1, 0.15) is 12.8 Å². The maximum absolute atomic E-state index is 10.2. The highest BCUT2D eigenvalue weighted by Gasteiger charge is 2.08. The number of carboxylic acids is 1. The highest BCUT2D eigenvalue weighted by Crippen LogP contribution is 2.00. The summed E-state index contributed by atoms with van der Waals surface area (Å²) in [5.41, 5.74) is 0. The maximum Gasteiger partial charge on any atom is 0.305 e. The molecule has 0 aliphatic rings. The first-order chi connectivity index (χ1) is 6.18. The molecule has 0 saturated carbocycles. The third kappa shape index (κ3) is 3.71. The third-order valence-electron chi connectivity index (χ3n) is 1.66. The van der Waals surface area contributed by atoms with E-state index in [-0.39, 0.29) is 6.42 Å². The molecule has 0 aliphatic carbocycles. The van der Waals surface area contributed by atoms with E-state index in [1.165, 1.54) is 0 Å². The van der Waals surface area contributed by atoms with Gasteiger partial charge in [-0.15, -0.1) is 0 Å². The van der Waals surface area contributed by atoms with Gasteiger partial charge in [0.2, 0.25) is 0 Å². The van der Waals surface area contributed by atoms with E-state index in [9.17, 15) is 9.90 Å². The van der Waals surface area contributed by atoms with E-state index in [1.807, 2.05) is 0 Å². The number of nitrogens with zero attached hydrogens (tertiary/aromatic N) is 2. The van der Waals surface area contributed by atoms with Gasteiger partial charge in [-0.3, -0.25) is 9.48 Å². The summed E-state index contributed by atoms with van der Waals surface area (Å²) in [5.74, 6) is -0.979. The zero-order valence-electron chi connectivity index (χ0n) is 7.13. The van der Waals surface area contributed by atoms with Crippen LogP contribution in [0.4, 0.5) is 0 Å². The maximum atomic E-state index is 10.2. The molecule has 72 valence electrons. The molecule has 5 nitrogen and oxygen atoms in total. The van der Waals surface area contributed by atoms with Gasteiger partial charge in [0.1, 0.15) is 0 Å². The van der Waals surface area contributed by atoms with Crippen molar-refractivity contribution in [2.75, 3.05) is 0 Å². The SMILES string of the molecule is O=C(O)CC(O)CCn1cccn1. The van der Waals surface area contributed by atoms with Gasteiger partial charge in [0.25, 0.3) is 0 Å². The Kier molecular flexibility index (Phi) is 3.45. The molecule has 0 aliphatic heterocycles. The van der Waals surface area contributed by atoms with Crippen molar-refractivity contribution in [3.63, 3.8) is 0 Å². The first-order valence-corrected chi connectivity index (χ1v) is 4.06. The summed E-state index contributed by atoms with van der Waals surface area (Å²) in [4.78, 5) is 10.2. The lowest BCUT2D eigenvalue weighted by Gasteiger charge is -2.06. The van der Waals surface area contributed by atoms with Crippen LogP contribution in [0.25, 0.3) is 0 Å². The van der Waals surface area contributed by atoms with Gasteiger partial charge in [0.15, 0.2) is 0 Å². The Labute approximate surface area is 75.6 Å². The summed E-state index contributed by atoms with van der Waals surface area (Å²) in [6.07, 6.45) is 2.83. The molecule has 2 N–H and O–H groups in total. The van der Waals surface area contributed by atoms with Crippen LogP contribution < -0.4 is 0 Å². The van der Waals surface area contributed by atoms with Gasteiger partial charge in [-0.1, -0.05) is 0 Å². The molecule has 1 rings (SSSR count). The van der Waals surface area contributed by atoms with Crippen molar-refractivity contribution in [2.24, 2.45) is 0 Å². The van der Waals surface area contributed by atoms with Crippen LogP contribution >= 0.6 is 0 Å². The number of aromatic nitrogens is 2. The second-order valence-corrected chi connectivity index (χ2v) is 2.81. The number of aryl methyl sites for hydroxylation is 1. The van der Waals surface area contributed by atoms with Crippen molar-refractivity contribution in [1.82, 2.24) is 9.78 Å². The van der Waals surface area contributed by atoms with Crippen molar-refractivity contribution in [3.05, 3.63) is 18.5 Å². The number of rotatable bonds is 5. The van der Waals surface area contributed by atoms with Crippen LogP contribution in [0.5, 0.6) is 0 Å². The number of aliphatic carboxylic acids is 1. The molecule has 0 amide bonds. The smallest absolute Gasteiger partial charge is 0.305 e. The van der Waals surface area contributed by atoms with Crippen LogP contribution in [0.15, 0.2) is 18.5 Å². The summed E-state index contributed by atoms with van der Waals surface area (Å²) in [6, 6.07) is 1.78. The zero-order chi connectivity index (χ0) is 9.68. The molecule has 1 atom stereocenters. The standard InChI is InChI=1S/C8H12N2O3/c11-7(6-8(12)13)2-5-10-4-1-3-9-10/h1,3-4,7,11H,2,5-6H2,(H,12,13). The molecule has 0 aromatic carbocycles. The van der Waals surface area contributed by atoms with Gasteiger partial charge in [-0.2, -0.15) is 5.10 Å².